The maximum Gasteiger partial charge on any atom is 0.250 e. The SMILES string of the molecule is CC(C)[C@H](CO)N1C(=O)[C@@H]2[C@H](C(=O)NCc3ccccc3)[C@H]3OC2(CC3Br)C1C(=O)Nc1ccc2ccccc2c1. The predicted octanol–water partition coefficient (Wildman–Crippen LogP) is 3.86. The lowest BCUT2D eigenvalue weighted by Crippen LogP contribution is -2.57. The molecule has 3 fully saturated rings. The molecule has 6 rings (SSSR count). The minimum absolute atomic E-state index is 0.127. The van der Waals surface area contributed by atoms with Gasteiger partial charge in [-0.15, -0.1) is 0 Å². The van der Waals surface area contributed by atoms with Gasteiger partial charge in [0.2, 0.25) is 17.7 Å². The van der Waals surface area contributed by atoms with Crippen LogP contribution in [0.3, 0.4) is 0 Å². The Morgan fingerprint density at radius 2 is 1.76 bits per heavy atom. The van der Waals surface area contributed by atoms with Crippen LogP contribution in [0.1, 0.15) is 25.8 Å². The third kappa shape index (κ3) is 4.64. The molecule has 3 aliphatic rings. The Morgan fingerprint density at radius 1 is 1.05 bits per heavy atom. The van der Waals surface area contributed by atoms with Gasteiger partial charge in [0, 0.05) is 17.1 Å². The summed E-state index contributed by atoms with van der Waals surface area (Å²) in [6, 6.07) is 21.5. The van der Waals surface area contributed by atoms with E-state index in [0.29, 0.717) is 18.7 Å². The third-order valence-corrected chi connectivity index (χ3v) is 9.76. The van der Waals surface area contributed by atoms with E-state index in [1.54, 1.807) is 0 Å². The highest BCUT2D eigenvalue weighted by Gasteiger charge is 2.77. The summed E-state index contributed by atoms with van der Waals surface area (Å²) in [5, 5.41) is 18.4. The van der Waals surface area contributed by atoms with Crippen LogP contribution in [0.25, 0.3) is 10.8 Å². The molecular formula is C32H34BrN3O5. The molecule has 7 atom stereocenters. The largest absolute Gasteiger partial charge is 0.394 e. The van der Waals surface area contributed by atoms with Crippen molar-refractivity contribution >= 4 is 50.1 Å². The number of carbonyl (C=O) groups is 3. The number of ether oxygens (including phenoxy) is 1. The summed E-state index contributed by atoms with van der Waals surface area (Å²) in [6.07, 6.45) is -0.150. The van der Waals surface area contributed by atoms with Crippen molar-refractivity contribution in [2.24, 2.45) is 17.8 Å². The Balaban J connectivity index is 1.35. The maximum absolute atomic E-state index is 14.3. The second-order valence-corrected chi connectivity index (χ2v) is 12.8. The average molecular weight is 621 g/mol. The van der Waals surface area contributed by atoms with Crippen molar-refractivity contribution in [1.82, 2.24) is 10.2 Å². The number of fused-ring (bicyclic) bond motifs is 2. The van der Waals surface area contributed by atoms with E-state index >= 15 is 0 Å². The van der Waals surface area contributed by atoms with Crippen LogP contribution < -0.4 is 10.6 Å². The van der Waals surface area contributed by atoms with Gasteiger partial charge in [0.05, 0.1) is 30.6 Å². The zero-order chi connectivity index (χ0) is 28.9. The quantitative estimate of drug-likeness (QED) is 0.332. The van der Waals surface area contributed by atoms with E-state index in [1.165, 1.54) is 4.90 Å². The topological polar surface area (TPSA) is 108 Å². The number of benzene rings is 3. The van der Waals surface area contributed by atoms with Crippen molar-refractivity contribution in [2.75, 3.05) is 11.9 Å². The lowest BCUT2D eigenvalue weighted by atomic mass is 9.70. The molecule has 8 nitrogen and oxygen atoms in total. The van der Waals surface area contributed by atoms with E-state index in [0.717, 1.165) is 16.3 Å². The number of amides is 3. The molecule has 0 aromatic heterocycles. The van der Waals surface area contributed by atoms with E-state index in [9.17, 15) is 19.5 Å². The molecule has 3 aromatic carbocycles. The van der Waals surface area contributed by atoms with Crippen molar-refractivity contribution < 1.29 is 24.2 Å². The highest BCUT2D eigenvalue weighted by molar-refractivity contribution is 9.09. The van der Waals surface area contributed by atoms with Gasteiger partial charge < -0.3 is 25.4 Å². The second kappa shape index (κ2) is 10.9. The summed E-state index contributed by atoms with van der Waals surface area (Å²) < 4.78 is 6.59. The molecule has 3 saturated heterocycles. The Bertz CT molecular complexity index is 1480. The minimum atomic E-state index is -1.20. The molecule has 9 heteroatoms. The van der Waals surface area contributed by atoms with E-state index < -0.39 is 35.6 Å². The number of anilines is 1. The van der Waals surface area contributed by atoms with Crippen molar-refractivity contribution in [3.05, 3.63) is 78.4 Å². The maximum atomic E-state index is 14.3. The molecule has 3 heterocycles. The molecule has 41 heavy (non-hydrogen) atoms. The number of aliphatic hydroxyl groups is 1. The van der Waals surface area contributed by atoms with Crippen LogP contribution in [-0.2, 0) is 25.7 Å². The number of likely N-dealkylation sites (tertiary alicyclic amines) is 1. The lowest BCUT2D eigenvalue weighted by molar-refractivity contribution is -0.145. The van der Waals surface area contributed by atoms with Crippen LogP contribution in [0, 0.1) is 17.8 Å². The molecule has 2 bridgehead atoms. The first kappa shape index (κ1) is 27.9. The van der Waals surface area contributed by atoms with Gasteiger partial charge >= 0.3 is 0 Å². The van der Waals surface area contributed by atoms with Gasteiger partial charge in [0.25, 0.3) is 0 Å². The first-order valence-electron chi connectivity index (χ1n) is 14.1. The molecule has 3 aliphatic heterocycles. The van der Waals surface area contributed by atoms with Crippen LogP contribution in [0.4, 0.5) is 5.69 Å². The number of hydrogen-bond donors (Lipinski definition) is 3. The van der Waals surface area contributed by atoms with E-state index in [4.69, 9.17) is 4.74 Å². The number of carbonyl (C=O) groups excluding carboxylic acids is 3. The first-order valence-corrected chi connectivity index (χ1v) is 15.0. The standard InChI is InChI=1S/C32H34BrN3O5/c1-18(2)24(17-37)36-28(30(39)35-22-13-12-20-10-6-7-11-21(20)14-22)32-15-23(33)27(41-32)25(26(32)31(36)40)29(38)34-16-19-8-4-3-5-9-19/h3-14,18,23-28,37H,15-17H2,1-2H3,(H,34,38)(H,35,39)/t23?,24-,25-,26-,27-,28?,32?/m0/s1. The van der Waals surface area contributed by atoms with Crippen LogP contribution >= 0.6 is 15.9 Å². The summed E-state index contributed by atoms with van der Waals surface area (Å²) in [6.45, 7) is 3.84. The van der Waals surface area contributed by atoms with E-state index in [1.807, 2.05) is 86.6 Å². The Hall–Kier alpha value is -3.27. The average Bonchev–Trinajstić information content (AvgIpc) is 3.56. The Morgan fingerprint density at radius 3 is 2.46 bits per heavy atom. The summed E-state index contributed by atoms with van der Waals surface area (Å²) in [7, 11) is 0. The summed E-state index contributed by atoms with van der Waals surface area (Å²) in [4.78, 5) is 43.4. The highest BCUT2D eigenvalue weighted by atomic mass is 79.9. The fraction of sp³-hybridized carbons (Fsp3) is 0.406. The van der Waals surface area contributed by atoms with Crippen LogP contribution in [-0.4, -0.2) is 63.0 Å². The summed E-state index contributed by atoms with van der Waals surface area (Å²) >= 11 is 3.71. The minimum Gasteiger partial charge on any atom is -0.394 e. The van der Waals surface area contributed by atoms with Gasteiger partial charge in [-0.3, -0.25) is 14.4 Å². The van der Waals surface area contributed by atoms with Gasteiger partial charge in [0.1, 0.15) is 11.6 Å². The van der Waals surface area contributed by atoms with Gasteiger partial charge in [-0.05, 0) is 40.8 Å². The van der Waals surface area contributed by atoms with E-state index in [2.05, 4.69) is 26.6 Å². The van der Waals surface area contributed by atoms with Crippen LogP contribution in [0.2, 0.25) is 0 Å². The molecule has 1 spiro atoms. The van der Waals surface area contributed by atoms with Gasteiger partial charge in [0.15, 0.2) is 0 Å². The van der Waals surface area contributed by atoms with Gasteiger partial charge in [-0.2, -0.15) is 0 Å². The van der Waals surface area contributed by atoms with Crippen LogP contribution in [0.15, 0.2) is 72.8 Å². The molecular weight excluding hydrogens is 586 g/mol. The van der Waals surface area contributed by atoms with Crippen molar-refractivity contribution in [3.8, 4) is 0 Å². The van der Waals surface area contributed by atoms with Crippen molar-refractivity contribution in [3.63, 3.8) is 0 Å². The zero-order valence-corrected chi connectivity index (χ0v) is 24.6. The van der Waals surface area contributed by atoms with Gasteiger partial charge in [-0.1, -0.05) is 90.4 Å². The third-order valence-electron chi connectivity index (χ3n) is 8.92. The summed E-state index contributed by atoms with van der Waals surface area (Å²) in [5.41, 5.74) is 0.349. The number of hydrogen-bond acceptors (Lipinski definition) is 5. The smallest absolute Gasteiger partial charge is 0.250 e. The molecule has 214 valence electrons. The number of halogens is 1. The fourth-order valence-corrected chi connectivity index (χ4v) is 7.97. The Labute approximate surface area is 247 Å². The number of alkyl halides is 1. The highest BCUT2D eigenvalue weighted by Crippen LogP contribution is 2.60. The second-order valence-electron chi connectivity index (χ2n) is 11.7. The number of nitrogens with one attached hydrogen (secondary N) is 2. The fourth-order valence-electron chi connectivity index (χ4n) is 7.02. The van der Waals surface area contributed by atoms with Gasteiger partial charge in [-0.25, -0.2) is 0 Å². The Kier molecular flexibility index (Phi) is 7.38. The molecule has 0 radical (unpaired) electrons. The van der Waals surface area contributed by atoms with Crippen LogP contribution in [0.5, 0.6) is 0 Å². The zero-order valence-electron chi connectivity index (χ0n) is 23.0. The molecule has 3 unspecified atom stereocenters. The molecule has 3 N–H and O–H groups in total. The predicted molar refractivity (Wildman–Crippen MR) is 159 cm³/mol. The van der Waals surface area contributed by atoms with Crippen molar-refractivity contribution in [2.45, 2.75) is 55.4 Å². The number of nitrogens with zero attached hydrogens (tertiary/aromatic N) is 1. The summed E-state index contributed by atoms with van der Waals surface area (Å²) in [5.74, 6) is -2.71. The molecule has 3 amide bonds. The number of aliphatic hydroxyl groups excluding tert-OH is 1. The van der Waals surface area contributed by atoms with E-state index in [-0.39, 0.29) is 35.1 Å². The molecule has 0 aliphatic carbocycles. The number of rotatable bonds is 8. The van der Waals surface area contributed by atoms with Crippen molar-refractivity contribution in [1.29, 1.82) is 0 Å². The normalized spacial score (nSPS) is 29.1. The molecule has 3 aromatic rings. The monoisotopic (exact) mass is 619 g/mol. The molecule has 0 saturated carbocycles. The first-order chi connectivity index (χ1) is 19.7. The lowest BCUT2D eigenvalue weighted by Gasteiger charge is -2.38.